The fraction of sp³-hybridized carbons (Fsp3) is 0.522. The number of aromatic nitrogens is 1. The zero-order valence-corrected chi connectivity index (χ0v) is 19.7. The Hall–Kier alpha value is -3.12. The molecule has 1 amide bonds. The predicted octanol–water partition coefficient (Wildman–Crippen LogP) is 2.65. The maximum Gasteiger partial charge on any atom is 0.522 e. The lowest BCUT2D eigenvalue weighted by molar-refractivity contribution is -0.325. The summed E-state index contributed by atoms with van der Waals surface area (Å²) in [7, 11) is 0. The number of benzene rings is 1. The Balaban J connectivity index is 1.45. The quantitative estimate of drug-likeness (QED) is 0.285. The number of ether oxygens (including phenoxy) is 1. The number of carbonyl (C=O) groups excluding carboxylic acids is 1. The molecule has 2 aromatic rings. The third-order valence-corrected chi connectivity index (χ3v) is 5.95. The van der Waals surface area contributed by atoms with E-state index < -0.39 is 24.7 Å². The van der Waals surface area contributed by atoms with E-state index in [0.29, 0.717) is 32.6 Å². The zero-order valence-electron chi connectivity index (χ0n) is 19.7. The lowest BCUT2D eigenvalue weighted by Crippen LogP contribution is -2.55. The highest BCUT2D eigenvalue weighted by atomic mass is 19.4. The smallest absolute Gasteiger partial charge is 0.361 e. The average molecular weight is 496 g/mol. The Morgan fingerprint density at radius 1 is 1.20 bits per heavy atom. The van der Waals surface area contributed by atoms with Gasteiger partial charge in [0.2, 0.25) is 0 Å². The van der Waals surface area contributed by atoms with E-state index in [1.54, 1.807) is 4.90 Å². The molecule has 12 heteroatoms. The minimum Gasteiger partial charge on any atom is -0.361 e. The molecule has 1 aliphatic rings. The van der Waals surface area contributed by atoms with E-state index in [0.717, 1.165) is 29.3 Å². The summed E-state index contributed by atoms with van der Waals surface area (Å²) in [6.45, 7) is 3.42. The molecular formula is C23H32F3N7O2. The normalized spacial score (nSPS) is 15.7. The summed E-state index contributed by atoms with van der Waals surface area (Å²) in [5.41, 5.74) is 2.12. The van der Waals surface area contributed by atoms with Gasteiger partial charge in [0.1, 0.15) is 0 Å². The van der Waals surface area contributed by atoms with Gasteiger partial charge in [-0.2, -0.15) is 0 Å². The number of aromatic amines is 1. The van der Waals surface area contributed by atoms with Crippen molar-refractivity contribution in [1.29, 1.82) is 10.8 Å². The van der Waals surface area contributed by atoms with Gasteiger partial charge < -0.3 is 20.5 Å². The maximum absolute atomic E-state index is 12.7. The number of hydrogen-bond acceptors (Lipinski definition) is 5. The third-order valence-electron chi connectivity index (χ3n) is 5.95. The van der Waals surface area contributed by atoms with E-state index in [1.807, 2.05) is 42.3 Å². The lowest BCUT2D eigenvalue weighted by atomic mass is 10.0. The highest BCUT2D eigenvalue weighted by molar-refractivity contribution is 6.39. The second-order valence-corrected chi connectivity index (χ2v) is 8.49. The van der Waals surface area contributed by atoms with Gasteiger partial charge in [0.05, 0.1) is 6.61 Å². The number of alkyl halides is 3. The third kappa shape index (κ3) is 7.96. The van der Waals surface area contributed by atoms with Gasteiger partial charge in [0.25, 0.3) is 5.91 Å². The van der Waals surface area contributed by atoms with Gasteiger partial charge in [-0.3, -0.25) is 25.2 Å². The number of halogens is 3. The van der Waals surface area contributed by atoms with Crippen molar-refractivity contribution >= 4 is 28.6 Å². The second-order valence-electron chi connectivity index (χ2n) is 8.49. The molecule has 2 heterocycles. The van der Waals surface area contributed by atoms with Crippen LogP contribution < -0.4 is 10.6 Å². The number of para-hydroxylation sites is 1. The van der Waals surface area contributed by atoms with Crippen LogP contribution in [0.5, 0.6) is 0 Å². The van der Waals surface area contributed by atoms with Gasteiger partial charge >= 0.3 is 6.36 Å². The molecule has 0 bridgehead atoms. The van der Waals surface area contributed by atoms with Gasteiger partial charge in [-0.05, 0) is 24.5 Å². The van der Waals surface area contributed by atoms with Crippen LogP contribution in [0.15, 0.2) is 30.5 Å². The van der Waals surface area contributed by atoms with Crippen molar-refractivity contribution in [3.8, 4) is 0 Å². The fourth-order valence-electron chi connectivity index (χ4n) is 4.14. The maximum atomic E-state index is 12.7. The van der Waals surface area contributed by atoms with Gasteiger partial charge in [0.15, 0.2) is 11.8 Å². The molecule has 1 aromatic carbocycles. The van der Waals surface area contributed by atoms with E-state index in [4.69, 9.17) is 10.8 Å². The van der Waals surface area contributed by atoms with Crippen LogP contribution >= 0.6 is 0 Å². The minimum absolute atomic E-state index is 0.0833. The number of nitrogens with zero attached hydrogens (tertiary/aromatic N) is 2. The summed E-state index contributed by atoms with van der Waals surface area (Å²) in [6.07, 6.45) is -0.472. The van der Waals surface area contributed by atoms with E-state index in [9.17, 15) is 18.0 Å². The first-order chi connectivity index (χ1) is 16.7. The van der Waals surface area contributed by atoms with E-state index in [1.165, 1.54) is 0 Å². The highest BCUT2D eigenvalue weighted by Crippen LogP contribution is 2.20. The molecule has 35 heavy (non-hydrogen) atoms. The molecule has 3 rings (SSSR count). The Labute approximate surface area is 202 Å². The summed E-state index contributed by atoms with van der Waals surface area (Å²) < 4.78 is 40.1. The monoisotopic (exact) mass is 495 g/mol. The van der Waals surface area contributed by atoms with Crippen LogP contribution in [0, 0.1) is 10.8 Å². The number of amides is 1. The van der Waals surface area contributed by atoms with Crippen LogP contribution in [0.2, 0.25) is 0 Å². The van der Waals surface area contributed by atoms with Crippen LogP contribution in [0.25, 0.3) is 10.9 Å². The number of fused-ring (bicyclic) bond motifs is 1. The van der Waals surface area contributed by atoms with Crippen molar-refractivity contribution in [3.05, 3.63) is 36.0 Å². The second kappa shape index (κ2) is 12.0. The van der Waals surface area contributed by atoms with E-state index in [-0.39, 0.29) is 18.5 Å². The van der Waals surface area contributed by atoms with Crippen molar-refractivity contribution in [3.63, 3.8) is 0 Å². The molecule has 1 atom stereocenters. The molecule has 1 aliphatic heterocycles. The van der Waals surface area contributed by atoms with Crippen LogP contribution in [0.3, 0.4) is 0 Å². The van der Waals surface area contributed by atoms with E-state index >= 15 is 0 Å². The number of guanidine groups is 1. The van der Waals surface area contributed by atoms with Gasteiger partial charge in [-0.1, -0.05) is 31.5 Å². The Bertz CT molecular complexity index is 1020. The molecule has 1 aromatic heterocycles. The Morgan fingerprint density at radius 2 is 1.91 bits per heavy atom. The number of H-pyrrole nitrogens is 1. The number of piperazine rings is 1. The number of amidine groups is 1. The fourth-order valence-corrected chi connectivity index (χ4v) is 4.14. The molecule has 0 aliphatic carbocycles. The Morgan fingerprint density at radius 3 is 2.60 bits per heavy atom. The van der Waals surface area contributed by atoms with Crippen molar-refractivity contribution in [2.45, 2.75) is 38.6 Å². The first-order valence-electron chi connectivity index (χ1n) is 11.6. The first kappa shape index (κ1) is 26.5. The Kier molecular flexibility index (Phi) is 9.10. The number of nitrogens with one attached hydrogen (secondary N) is 5. The van der Waals surface area contributed by atoms with Gasteiger partial charge in [-0.25, -0.2) is 0 Å². The van der Waals surface area contributed by atoms with Crippen LogP contribution in [-0.2, 0) is 16.0 Å². The first-order valence-corrected chi connectivity index (χ1v) is 11.6. The van der Waals surface area contributed by atoms with Crippen LogP contribution in [0.4, 0.5) is 13.2 Å². The minimum atomic E-state index is -4.64. The molecule has 9 nitrogen and oxygen atoms in total. The molecule has 1 fully saturated rings. The van der Waals surface area contributed by atoms with Gasteiger partial charge in [0, 0.05) is 55.9 Å². The van der Waals surface area contributed by atoms with Gasteiger partial charge in [-0.15, -0.1) is 13.2 Å². The summed E-state index contributed by atoms with van der Waals surface area (Å²) in [4.78, 5) is 19.4. The molecular weight excluding hydrogens is 463 g/mol. The summed E-state index contributed by atoms with van der Waals surface area (Å²) >= 11 is 0. The molecule has 1 unspecified atom stereocenters. The largest absolute Gasteiger partial charge is 0.522 e. The van der Waals surface area contributed by atoms with E-state index in [2.05, 4.69) is 20.4 Å². The zero-order chi connectivity index (χ0) is 25.4. The van der Waals surface area contributed by atoms with Crippen LogP contribution in [0.1, 0.15) is 25.3 Å². The molecule has 5 N–H and O–H groups in total. The van der Waals surface area contributed by atoms with Crippen molar-refractivity contribution in [2.75, 3.05) is 39.3 Å². The SMILES string of the molecule is CCCC(Cc1c[nH]c2ccccc12)NC(=O)C(=N)NC(=N)N1CCN(CCOC(F)(F)F)CC1. The molecule has 1 saturated heterocycles. The lowest BCUT2D eigenvalue weighted by Gasteiger charge is -2.35. The van der Waals surface area contributed by atoms with Crippen molar-refractivity contribution < 1.29 is 22.7 Å². The number of rotatable bonds is 8. The highest BCUT2D eigenvalue weighted by Gasteiger charge is 2.29. The van der Waals surface area contributed by atoms with Crippen molar-refractivity contribution in [1.82, 2.24) is 25.4 Å². The molecule has 0 spiro atoms. The number of hydrogen-bond donors (Lipinski definition) is 5. The number of carbonyl (C=O) groups is 1. The van der Waals surface area contributed by atoms with Crippen molar-refractivity contribution in [2.24, 2.45) is 0 Å². The molecule has 0 radical (unpaired) electrons. The standard InChI is InChI=1S/C23H32F3N7O2/c1-2-5-17(14-16-15-29-19-7-4-3-6-18(16)19)30-21(34)20(27)31-22(28)33-10-8-32(9-11-33)12-13-35-23(24,25)26/h3-4,6-7,15,17,29H,2,5,8-14H2,1H3,(H,30,34)(H3,27,28,31). The predicted molar refractivity (Wildman–Crippen MR) is 127 cm³/mol. The molecule has 0 saturated carbocycles. The summed E-state index contributed by atoms with van der Waals surface area (Å²) in [5, 5.41) is 22.9. The topological polar surface area (TPSA) is 120 Å². The summed E-state index contributed by atoms with van der Waals surface area (Å²) in [6, 6.07) is 7.78. The molecule has 192 valence electrons. The average Bonchev–Trinajstić information content (AvgIpc) is 3.21. The van der Waals surface area contributed by atoms with Crippen LogP contribution in [-0.4, -0.2) is 84.2 Å². The summed E-state index contributed by atoms with van der Waals surface area (Å²) in [5.74, 6) is -1.09.